The molecule has 1 atom stereocenters. The predicted octanol–water partition coefficient (Wildman–Crippen LogP) is 2.99. The molecule has 3 rings (SSSR count). The van der Waals surface area contributed by atoms with Crippen LogP contribution in [0.1, 0.15) is 24.5 Å². The lowest BCUT2D eigenvalue weighted by molar-refractivity contribution is -0.129. The van der Waals surface area contributed by atoms with E-state index >= 15 is 0 Å². The zero-order chi connectivity index (χ0) is 19.9. The van der Waals surface area contributed by atoms with E-state index in [1.807, 2.05) is 30.3 Å². The number of anilines is 1. The van der Waals surface area contributed by atoms with Gasteiger partial charge in [0.2, 0.25) is 11.8 Å². The molecule has 1 saturated heterocycles. The second-order valence-electron chi connectivity index (χ2n) is 7.37. The van der Waals surface area contributed by atoms with Crippen LogP contribution in [0, 0.1) is 12.8 Å². The average Bonchev–Trinajstić information content (AvgIpc) is 3.06. The molecular formula is C23H29N3O2. The van der Waals surface area contributed by atoms with Crippen molar-refractivity contribution in [3.05, 3.63) is 65.7 Å². The number of rotatable bonds is 8. The van der Waals surface area contributed by atoms with Gasteiger partial charge in [-0.15, -0.1) is 0 Å². The summed E-state index contributed by atoms with van der Waals surface area (Å²) >= 11 is 0. The molecular weight excluding hydrogens is 350 g/mol. The summed E-state index contributed by atoms with van der Waals surface area (Å²) in [5.74, 6) is -0.228. The Morgan fingerprint density at radius 3 is 2.68 bits per heavy atom. The lowest BCUT2D eigenvalue weighted by atomic mass is 10.1. The zero-order valence-electron chi connectivity index (χ0n) is 16.7. The van der Waals surface area contributed by atoms with Crippen molar-refractivity contribution in [2.45, 2.75) is 26.8 Å². The average molecular weight is 380 g/mol. The minimum Gasteiger partial charge on any atom is -0.370 e. The number of likely N-dealkylation sites (N-methyl/N-ethyl adjacent to an activating group) is 1. The molecule has 0 aromatic heterocycles. The van der Waals surface area contributed by atoms with E-state index in [0.29, 0.717) is 26.1 Å². The smallest absolute Gasteiger partial charge is 0.225 e. The fourth-order valence-corrected chi connectivity index (χ4v) is 3.66. The summed E-state index contributed by atoms with van der Waals surface area (Å²) in [6, 6.07) is 18.3. The summed E-state index contributed by atoms with van der Waals surface area (Å²) in [4.78, 5) is 28.8. The van der Waals surface area contributed by atoms with Crippen LogP contribution in [-0.2, 0) is 16.1 Å². The van der Waals surface area contributed by atoms with Crippen molar-refractivity contribution < 1.29 is 9.59 Å². The van der Waals surface area contributed by atoms with Crippen molar-refractivity contribution >= 4 is 17.5 Å². The standard InChI is InChI=1S/C23H29N3O2/c1-3-25(21-11-7-8-18(2)14-21)13-12-24-23(28)20-15-22(27)26(17-20)16-19-9-5-4-6-10-19/h4-11,14,20H,3,12-13,15-17H2,1-2H3,(H,24,28). The number of hydrogen-bond acceptors (Lipinski definition) is 3. The molecule has 2 amide bonds. The van der Waals surface area contributed by atoms with Crippen LogP contribution in [0.2, 0.25) is 0 Å². The quantitative estimate of drug-likeness (QED) is 0.767. The van der Waals surface area contributed by atoms with Crippen molar-refractivity contribution in [1.29, 1.82) is 0 Å². The third kappa shape index (κ3) is 5.12. The van der Waals surface area contributed by atoms with E-state index in [1.165, 1.54) is 11.3 Å². The highest BCUT2D eigenvalue weighted by molar-refractivity contribution is 5.89. The van der Waals surface area contributed by atoms with Gasteiger partial charge in [0, 0.05) is 44.8 Å². The van der Waals surface area contributed by atoms with Gasteiger partial charge in [-0.05, 0) is 37.1 Å². The Morgan fingerprint density at radius 2 is 1.96 bits per heavy atom. The number of amides is 2. The van der Waals surface area contributed by atoms with E-state index in [2.05, 4.69) is 48.3 Å². The second kappa shape index (κ2) is 9.40. The van der Waals surface area contributed by atoms with E-state index in [9.17, 15) is 9.59 Å². The van der Waals surface area contributed by atoms with E-state index in [-0.39, 0.29) is 17.7 Å². The highest BCUT2D eigenvalue weighted by Crippen LogP contribution is 2.20. The van der Waals surface area contributed by atoms with Gasteiger partial charge in [-0.1, -0.05) is 42.5 Å². The Morgan fingerprint density at radius 1 is 1.18 bits per heavy atom. The monoisotopic (exact) mass is 379 g/mol. The maximum Gasteiger partial charge on any atom is 0.225 e. The van der Waals surface area contributed by atoms with Gasteiger partial charge in [-0.2, -0.15) is 0 Å². The fraction of sp³-hybridized carbons (Fsp3) is 0.391. The van der Waals surface area contributed by atoms with Crippen LogP contribution in [0.4, 0.5) is 5.69 Å². The largest absolute Gasteiger partial charge is 0.370 e. The number of carbonyl (C=O) groups is 2. The van der Waals surface area contributed by atoms with E-state index in [0.717, 1.165) is 18.7 Å². The van der Waals surface area contributed by atoms with Crippen LogP contribution in [0.15, 0.2) is 54.6 Å². The molecule has 1 aliphatic rings. The van der Waals surface area contributed by atoms with Crippen molar-refractivity contribution in [2.75, 3.05) is 31.1 Å². The molecule has 2 aromatic carbocycles. The highest BCUT2D eigenvalue weighted by atomic mass is 16.2. The molecule has 0 aliphatic carbocycles. The molecule has 1 unspecified atom stereocenters. The molecule has 1 N–H and O–H groups in total. The number of benzene rings is 2. The lowest BCUT2D eigenvalue weighted by Gasteiger charge is -2.24. The maximum atomic E-state index is 12.5. The van der Waals surface area contributed by atoms with Crippen LogP contribution >= 0.6 is 0 Å². The Hall–Kier alpha value is -2.82. The Balaban J connectivity index is 1.47. The molecule has 1 aliphatic heterocycles. The third-order valence-corrected chi connectivity index (χ3v) is 5.23. The fourth-order valence-electron chi connectivity index (χ4n) is 3.66. The van der Waals surface area contributed by atoms with Crippen LogP contribution in [0.5, 0.6) is 0 Å². The lowest BCUT2D eigenvalue weighted by Crippen LogP contribution is -2.38. The molecule has 1 heterocycles. The van der Waals surface area contributed by atoms with Gasteiger partial charge in [-0.3, -0.25) is 9.59 Å². The van der Waals surface area contributed by atoms with Crippen LogP contribution in [0.25, 0.3) is 0 Å². The molecule has 5 heteroatoms. The van der Waals surface area contributed by atoms with Crippen LogP contribution in [0.3, 0.4) is 0 Å². The summed E-state index contributed by atoms with van der Waals surface area (Å²) in [6.07, 6.45) is 0.300. The first-order chi connectivity index (χ1) is 13.6. The van der Waals surface area contributed by atoms with Crippen molar-refractivity contribution in [1.82, 2.24) is 10.2 Å². The number of hydrogen-bond donors (Lipinski definition) is 1. The minimum absolute atomic E-state index is 0.0239. The van der Waals surface area contributed by atoms with Gasteiger partial charge in [0.1, 0.15) is 0 Å². The molecule has 0 saturated carbocycles. The zero-order valence-corrected chi connectivity index (χ0v) is 16.7. The Kier molecular flexibility index (Phi) is 6.69. The molecule has 148 valence electrons. The summed E-state index contributed by atoms with van der Waals surface area (Å²) in [7, 11) is 0. The van der Waals surface area contributed by atoms with Gasteiger partial charge < -0.3 is 15.1 Å². The molecule has 0 spiro atoms. The van der Waals surface area contributed by atoms with Crippen LogP contribution < -0.4 is 10.2 Å². The van der Waals surface area contributed by atoms with Crippen molar-refractivity contribution in [3.8, 4) is 0 Å². The van der Waals surface area contributed by atoms with Crippen molar-refractivity contribution in [3.63, 3.8) is 0 Å². The summed E-state index contributed by atoms with van der Waals surface area (Å²) in [5, 5.41) is 3.02. The molecule has 0 radical (unpaired) electrons. The van der Waals surface area contributed by atoms with E-state index in [4.69, 9.17) is 0 Å². The summed E-state index contributed by atoms with van der Waals surface area (Å²) < 4.78 is 0. The number of nitrogens with one attached hydrogen (secondary N) is 1. The normalized spacial score (nSPS) is 16.3. The number of aryl methyl sites for hydroxylation is 1. The SMILES string of the molecule is CCN(CCNC(=O)C1CC(=O)N(Cc2ccccc2)C1)c1cccc(C)c1. The molecule has 28 heavy (non-hydrogen) atoms. The highest BCUT2D eigenvalue weighted by Gasteiger charge is 2.34. The van der Waals surface area contributed by atoms with Gasteiger partial charge in [-0.25, -0.2) is 0 Å². The first-order valence-electron chi connectivity index (χ1n) is 9.98. The number of likely N-dealkylation sites (tertiary alicyclic amines) is 1. The first-order valence-corrected chi connectivity index (χ1v) is 9.98. The Labute approximate surface area is 167 Å². The van der Waals surface area contributed by atoms with E-state index < -0.39 is 0 Å². The van der Waals surface area contributed by atoms with Crippen molar-refractivity contribution in [2.24, 2.45) is 5.92 Å². The number of nitrogens with zero attached hydrogens (tertiary/aromatic N) is 2. The summed E-state index contributed by atoms with van der Waals surface area (Å²) in [6.45, 7) is 7.46. The van der Waals surface area contributed by atoms with E-state index in [1.54, 1.807) is 4.90 Å². The maximum absolute atomic E-state index is 12.5. The molecule has 2 aromatic rings. The van der Waals surface area contributed by atoms with Gasteiger partial charge >= 0.3 is 0 Å². The molecule has 1 fully saturated rings. The minimum atomic E-state index is -0.259. The molecule has 5 nitrogen and oxygen atoms in total. The third-order valence-electron chi connectivity index (χ3n) is 5.23. The van der Waals surface area contributed by atoms with Gasteiger partial charge in [0.15, 0.2) is 0 Å². The van der Waals surface area contributed by atoms with Gasteiger partial charge in [0.25, 0.3) is 0 Å². The van der Waals surface area contributed by atoms with Gasteiger partial charge in [0.05, 0.1) is 5.92 Å². The second-order valence-corrected chi connectivity index (χ2v) is 7.37. The van der Waals surface area contributed by atoms with Crippen LogP contribution in [-0.4, -0.2) is 42.9 Å². The molecule has 0 bridgehead atoms. The summed E-state index contributed by atoms with van der Waals surface area (Å²) in [5.41, 5.74) is 3.48. The Bertz CT molecular complexity index is 807. The topological polar surface area (TPSA) is 52.7 Å². The predicted molar refractivity (Wildman–Crippen MR) is 112 cm³/mol. The number of carbonyl (C=O) groups excluding carboxylic acids is 2. The first kappa shape index (κ1) is 19.9.